The Hall–Kier alpha value is -3.42. The summed E-state index contributed by atoms with van der Waals surface area (Å²) in [4.78, 5) is 39.0. The number of fused-ring (bicyclic) bond motifs is 1. The van der Waals surface area contributed by atoms with Crippen LogP contribution >= 0.6 is 0 Å². The molecule has 0 aliphatic heterocycles. The molecule has 0 fully saturated rings. The van der Waals surface area contributed by atoms with Crippen LogP contribution in [0.25, 0.3) is 11.0 Å². The maximum atomic E-state index is 12.9. The third-order valence-electron chi connectivity index (χ3n) is 3.99. The van der Waals surface area contributed by atoms with Gasteiger partial charge in [0.1, 0.15) is 18.7 Å². The van der Waals surface area contributed by atoms with Crippen LogP contribution in [0.15, 0.2) is 41.5 Å². The first-order valence-electron chi connectivity index (χ1n) is 8.54. The van der Waals surface area contributed by atoms with E-state index >= 15 is 0 Å². The molecule has 0 aliphatic rings. The van der Waals surface area contributed by atoms with Gasteiger partial charge >= 0.3 is 11.5 Å². The predicted octanol–water partition coefficient (Wildman–Crippen LogP) is 1.86. The Kier molecular flexibility index (Phi) is 5.35. The Morgan fingerprint density at radius 3 is 2.59 bits per heavy atom. The lowest BCUT2D eigenvalue weighted by Gasteiger charge is -2.15. The van der Waals surface area contributed by atoms with Crippen molar-refractivity contribution in [1.29, 1.82) is 0 Å². The summed E-state index contributed by atoms with van der Waals surface area (Å²) < 4.78 is 5.83. The van der Waals surface area contributed by atoms with E-state index in [1.54, 1.807) is 6.92 Å². The lowest BCUT2D eigenvalue weighted by atomic mass is 10.1. The van der Waals surface area contributed by atoms with Gasteiger partial charge in [-0.3, -0.25) is 4.79 Å². The fourth-order valence-electron chi connectivity index (χ4n) is 2.72. The van der Waals surface area contributed by atoms with Crippen molar-refractivity contribution in [3.63, 3.8) is 0 Å². The minimum Gasteiger partial charge on any atom is -0.506 e. The van der Waals surface area contributed by atoms with Gasteiger partial charge in [-0.15, -0.1) is 4.73 Å². The molecule has 0 bridgehead atoms. The Bertz CT molecular complexity index is 1030. The van der Waals surface area contributed by atoms with Crippen LogP contribution in [0.1, 0.15) is 35.5 Å². The molecular formula is C19H19N3O5. The third-order valence-corrected chi connectivity index (χ3v) is 3.99. The Morgan fingerprint density at radius 2 is 1.93 bits per heavy atom. The summed E-state index contributed by atoms with van der Waals surface area (Å²) in [6.45, 7) is 3.59. The first-order chi connectivity index (χ1) is 13.1. The third kappa shape index (κ3) is 3.46. The van der Waals surface area contributed by atoms with Crippen molar-refractivity contribution in [2.24, 2.45) is 0 Å². The van der Waals surface area contributed by atoms with Crippen LogP contribution in [0.4, 0.5) is 0 Å². The van der Waals surface area contributed by atoms with Crippen LogP contribution in [0.2, 0.25) is 0 Å². The quantitative estimate of drug-likeness (QED) is 0.662. The molecule has 1 N–H and O–H groups in total. The molecule has 0 spiro atoms. The van der Waals surface area contributed by atoms with Crippen LogP contribution in [0, 0.1) is 0 Å². The molecule has 2 heterocycles. The summed E-state index contributed by atoms with van der Waals surface area (Å²) in [6, 6.07) is 9.24. The molecule has 0 saturated carbocycles. The standard InChI is InChI=1S/C19H19N3O5/c1-3-13-14-16(23)15(19(25)26-4-2)18(24)22(17(14)21-11-20-13)27-10-12-8-6-5-7-9-12/h5-9,11,23H,3-4,10H2,1-2H3. The number of pyridine rings is 1. The zero-order valence-electron chi connectivity index (χ0n) is 15.0. The SMILES string of the molecule is CCOC(=O)c1c(O)c2c(CC)ncnc2n(OCc2ccccc2)c1=O. The van der Waals surface area contributed by atoms with E-state index in [4.69, 9.17) is 9.57 Å². The van der Waals surface area contributed by atoms with Crippen molar-refractivity contribution < 1.29 is 19.5 Å². The molecule has 27 heavy (non-hydrogen) atoms. The number of ether oxygens (including phenoxy) is 1. The number of carbonyl (C=O) groups excluding carboxylic acids is 1. The van der Waals surface area contributed by atoms with Crippen LogP contribution in [0.3, 0.4) is 0 Å². The van der Waals surface area contributed by atoms with Crippen LogP contribution in [0.5, 0.6) is 5.75 Å². The Morgan fingerprint density at radius 1 is 1.19 bits per heavy atom. The summed E-state index contributed by atoms with van der Waals surface area (Å²) in [5.41, 5.74) is 0.0681. The Balaban J connectivity index is 2.21. The lowest BCUT2D eigenvalue weighted by molar-refractivity contribution is 0.0508. The van der Waals surface area contributed by atoms with Gasteiger partial charge in [-0.2, -0.15) is 0 Å². The Labute approximate surface area is 155 Å². The van der Waals surface area contributed by atoms with E-state index in [0.717, 1.165) is 10.3 Å². The second-order valence-corrected chi connectivity index (χ2v) is 5.68. The minimum atomic E-state index is -0.926. The molecule has 0 unspecified atom stereocenters. The fourth-order valence-corrected chi connectivity index (χ4v) is 2.72. The van der Waals surface area contributed by atoms with E-state index in [0.29, 0.717) is 12.1 Å². The van der Waals surface area contributed by atoms with Crippen molar-refractivity contribution in [3.05, 3.63) is 63.8 Å². The molecule has 3 rings (SSSR count). The second kappa shape index (κ2) is 7.86. The number of carbonyl (C=O) groups is 1. The zero-order chi connectivity index (χ0) is 19.4. The topological polar surface area (TPSA) is 104 Å². The number of benzene rings is 1. The van der Waals surface area contributed by atoms with Crippen molar-refractivity contribution in [1.82, 2.24) is 14.7 Å². The molecular weight excluding hydrogens is 350 g/mol. The smallest absolute Gasteiger partial charge is 0.347 e. The lowest BCUT2D eigenvalue weighted by Crippen LogP contribution is -2.33. The fraction of sp³-hybridized carbons (Fsp3) is 0.263. The van der Waals surface area contributed by atoms with Crippen molar-refractivity contribution in [2.75, 3.05) is 6.61 Å². The number of hydrogen-bond donors (Lipinski definition) is 1. The highest BCUT2D eigenvalue weighted by atomic mass is 16.7. The molecule has 0 saturated heterocycles. The number of rotatable bonds is 6. The first-order valence-corrected chi connectivity index (χ1v) is 8.54. The summed E-state index contributed by atoms with van der Waals surface area (Å²) in [5.74, 6) is -1.42. The normalized spacial score (nSPS) is 10.7. The molecule has 8 nitrogen and oxygen atoms in total. The van der Waals surface area contributed by atoms with Gasteiger partial charge in [-0.05, 0) is 18.9 Å². The van der Waals surface area contributed by atoms with Gasteiger partial charge in [-0.25, -0.2) is 14.8 Å². The second-order valence-electron chi connectivity index (χ2n) is 5.68. The molecule has 8 heteroatoms. The van der Waals surface area contributed by atoms with Gasteiger partial charge < -0.3 is 14.7 Å². The van der Waals surface area contributed by atoms with Gasteiger partial charge in [0, 0.05) is 0 Å². The number of esters is 1. The molecule has 140 valence electrons. The van der Waals surface area contributed by atoms with Gasteiger partial charge in [0.05, 0.1) is 17.7 Å². The molecule has 0 amide bonds. The number of aromatic hydroxyl groups is 1. The van der Waals surface area contributed by atoms with Gasteiger partial charge in [0.25, 0.3) is 0 Å². The molecule has 2 aromatic heterocycles. The van der Waals surface area contributed by atoms with E-state index in [-0.39, 0.29) is 24.2 Å². The molecule has 0 atom stereocenters. The van der Waals surface area contributed by atoms with Crippen LogP contribution < -0.4 is 10.4 Å². The minimum absolute atomic E-state index is 0.0621. The monoisotopic (exact) mass is 369 g/mol. The number of hydrogen-bond acceptors (Lipinski definition) is 7. The van der Waals surface area contributed by atoms with E-state index in [1.165, 1.54) is 6.33 Å². The highest BCUT2D eigenvalue weighted by molar-refractivity contribution is 5.99. The highest BCUT2D eigenvalue weighted by Gasteiger charge is 2.26. The molecule has 0 aliphatic carbocycles. The van der Waals surface area contributed by atoms with Crippen LogP contribution in [-0.4, -0.2) is 32.4 Å². The number of aryl methyl sites for hydroxylation is 1. The van der Waals surface area contributed by atoms with Gasteiger partial charge in [0.2, 0.25) is 0 Å². The molecule has 1 aromatic carbocycles. The summed E-state index contributed by atoms with van der Waals surface area (Å²) in [7, 11) is 0. The van der Waals surface area contributed by atoms with Crippen molar-refractivity contribution in [2.45, 2.75) is 26.9 Å². The van der Waals surface area contributed by atoms with Crippen molar-refractivity contribution >= 4 is 17.0 Å². The largest absolute Gasteiger partial charge is 0.506 e. The number of aromatic nitrogens is 3. The van der Waals surface area contributed by atoms with Crippen molar-refractivity contribution in [3.8, 4) is 5.75 Å². The summed E-state index contributed by atoms with van der Waals surface area (Å²) in [5, 5.41) is 10.8. The predicted molar refractivity (Wildman–Crippen MR) is 97.5 cm³/mol. The van der Waals surface area contributed by atoms with E-state index in [9.17, 15) is 14.7 Å². The molecule has 3 aromatic rings. The maximum absolute atomic E-state index is 12.9. The summed E-state index contributed by atoms with van der Waals surface area (Å²) in [6.07, 6.45) is 1.75. The number of nitrogens with zero attached hydrogens (tertiary/aromatic N) is 3. The maximum Gasteiger partial charge on any atom is 0.347 e. The zero-order valence-corrected chi connectivity index (χ0v) is 15.0. The van der Waals surface area contributed by atoms with Gasteiger partial charge in [0.15, 0.2) is 11.2 Å². The average Bonchev–Trinajstić information content (AvgIpc) is 2.68. The summed E-state index contributed by atoms with van der Waals surface area (Å²) >= 11 is 0. The molecule has 0 radical (unpaired) electrons. The van der Waals surface area contributed by atoms with E-state index < -0.39 is 22.8 Å². The van der Waals surface area contributed by atoms with Gasteiger partial charge in [-0.1, -0.05) is 37.3 Å². The highest BCUT2D eigenvalue weighted by Crippen LogP contribution is 2.28. The van der Waals surface area contributed by atoms with E-state index in [2.05, 4.69) is 9.97 Å². The first kappa shape index (κ1) is 18.4. The van der Waals surface area contributed by atoms with Crippen LogP contribution in [-0.2, 0) is 17.8 Å². The van der Waals surface area contributed by atoms with E-state index in [1.807, 2.05) is 37.3 Å². The average molecular weight is 369 g/mol.